The highest BCUT2D eigenvalue weighted by Crippen LogP contribution is 2.11. The lowest BCUT2D eigenvalue weighted by Crippen LogP contribution is -1.92. The number of hydrogen-bond acceptors (Lipinski definition) is 4. The lowest BCUT2D eigenvalue weighted by molar-refractivity contribution is 1.46. The average Bonchev–Trinajstić information content (AvgIpc) is 2.31. The Balaban J connectivity index is 2.89. The molecule has 4 heteroatoms. The molecule has 0 saturated heterocycles. The van der Waals surface area contributed by atoms with E-state index in [0.29, 0.717) is 0 Å². The fourth-order valence-corrected chi connectivity index (χ4v) is 4.58. The molecule has 16 heavy (non-hydrogen) atoms. The van der Waals surface area contributed by atoms with Crippen molar-refractivity contribution in [3.8, 4) is 24.7 Å². The van der Waals surface area contributed by atoms with Gasteiger partial charge in [-0.15, -0.1) is 36.4 Å². The Bertz CT molecular complexity index is 190. The zero-order valence-corrected chi connectivity index (χ0v) is 12.7. The molecule has 0 atom stereocenters. The minimum absolute atomic E-state index is 0.849. The van der Waals surface area contributed by atoms with Crippen LogP contribution in [-0.4, -0.2) is 46.0 Å². The predicted molar refractivity (Wildman–Crippen MR) is 87.0 cm³/mol. The van der Waals surface area contributed by atoms with E-state index in [1.165, 1.54) is 34.5 Å². The molecule has 0 bridgehead atoms. The van der Waals surface area contributed by atoms with E-state index >= 15 is 0 Å². The van der Waals surface area contributed by atoms with Gasteiger partial charge in [-0.05, 0) is 0 Å². The van der Waals surface area contributed by atoms with E-state index in [9.17, 15) is 0 Å². The number of terminal acetylenes is 2. The van der Waals surface area contributed by atoms with Gasteiger partial charge in [-0.25, -0.2) is 0 Å². The molecule has 0 amide bonds. The van der Waals surface area contributed by atoms with Gasteiger partial charge in [0.15, 0.2) is 0 Å². The quantitative estimate of drug-likeness (QED) is 0.423. The van der Waals surface area contributed by atoms with E-state index in [0.717, 1.165) is 11.5 Å². The maximum Gasteiger partial charge on any atom is 0.0545 e. The molecule has 0 saturated carbocycles. The monoisotopic (exact) mass is 290 g/mol. The summed E-state index contributed by atoms with van der Waals surface area (Å²) in [5.41, 5.74) is 0. The summed E-state index contributed by atoms with van der Waals surface area (Å²) < 4.78 is 0. The Morgan fingerprint density at radius 1 is 0.562 bits per heavy atom. The van der Waals surface area contributed by atoms with Gasteiger partial charge in [-0.3, -0.25) is 0 Å². The molecule has 0 aromatic carbocycles. The minimum atomic E-state index is 0.849. The molecule has 0 fully saturated rings. The molecular formula is C12H18S4. The first-order valence-corrected chi connectivity index (χ1v) is 9.71. The summed E-state index contributed by atoms with van der Waals surface area (Å²) in [5, 5.41) is 0. The van der Waals surface area contributed by atoms with E-state index in [1.54, 1.807) is 0 Å². The highest BCUT2D eigenvalue weighted by atomic mass is 32.2. The topological polar surface area (TPSA) is 0 Å². The third-order valence-corrected chi connectivity index (χ3v) is 5.96. The predicted octanol–water partition coefficient (Wildman–Crippen LogP) is 3.19. The summed E-state index contributed by atoms with van der Waals surface area (Å²) >= 11 is 7.73. The van der Waals surface area contributed by atoms with Gasteiger partial charge in [0, 0.05) is 34.5 Å². The molecule has 0 nitrogen and oxygen atoms in total. The summed E-state index contributed by atoms with van der Waals surface area (Å²) in [5.74, 6) is 14.3. The second-order valence-corrected chi connectivity index (χ2v) is 7.40. The third kappa shape index (κ3) is 14.5. The molecule has 0 N–H and O–H groups in total. The second-order valence-electron chi connectivity index (χ2n) is 2.74. The van der Waals surface area contributed by atoms with Crippen LogP contribution in [0.3, 0.4) is 0 Å². The highest BCUT2D eigenvalue weighted by molar-refractivity contribution is 8.05. The Hall–Kier alpha value is 0.520. The average molecular weight is 291 g/mol. The maximum absolute atomic E-state index is 5.16. The first-order chi connectivity index (χ1) is 7.91. The molecule has 0 aromatic rings. The van der Waals surface area contributed by atoms with Crippen LogP contribution in [0.15, 0.2) is 0 Å². The molecule has 0 heterocycles. The van der Waals surface area contributed by atoms with Crippen molar-refractivity contribution < 1.29 is 0 Å². The van der Waals surface area contributed by atoms with E-state index in [1.807, 2.05) is 47.0 Å². The lowest BCUT2D eigenvalue weighted by Gasteiger charge is -2.01. The number of hydrogen-bond donors (Lipinski definition) is 0. The van der Waals surface area contributed by atoms with Crippen molar-refractivity contribution in [1.82, 2.24) is 0 Å². The van der Waals surface area contributed by atoms with Crippen LogP contribution in [0.1, 0.15) is 0 Å². The van der Waals surface area contributed by atoms with Crippen LogP contribution in [-0.2, 0) is 0 Å². The smallest absolute Gasteiger partial charge is 0.0545 e. The van der Waals surface area contributed by atoms with Crippen LogP contribution in [0.25, 0.3) is 0 Å². The molecular weight excluding hydrogens is 272 g/mol. The Kier molecular flexibility index (Phi) is 16.0. The number of thioether (sulfide) groups is 4. The van der Waals surface area contributed by atoms with Gasteiger partial charge in [0.2, 0.25) is 0 Å². The standard InChI is InChI=1S/C12H18S4/c1-3-5-13-7-9-15-11-12-16-10-8-14-6-4-2/h1-2H,5-12H2. The normalized spacial score (nSPS) is 9.62. The van der Waals surface area contributed by atoms with Crippen LogP contribution in [0.2, 0.25) is 0 Å². The summed E-state index contributed by atoms with van der Waals surface area (Å²) in [6, 6.07) is 0. The molecule has 0 aliphatic heterocycles. The first kappa shape index (κ1) is 16.5. The van der Waals surface area contributed by atoms with Crippen molar-refractivity contribution in [3.63, 3.8) is 0 Å². The Morgan fingerprint density at radius 3 is 1.19 bits per heavy atom. The third-order valence-electron chi connectivity index (χ3n) is 1.49. The number of rotatable bonds is 11. The highest BCUT2D eigenvalue weighted by Gasteiger charge is 1.92. The van der Waals surface area contributed by atoms with Crippen molar-refractivity contribution in [2.75, 3.05) is 46.0 Å². The van der Waals surface area contributed by atoms with E-state index < -0.39 is 0 Å². The van der Waals surface area contributed by atoms with Crippen molar-refractivity contribution in [2.24, 2.45) is 0 Å². The largest absolute Gasteiger partial charge is 0.160 e. The van der Waals surface area contributed by atoms with Gasteiger partial charge in [0.1, 0.15) is 0 Å². The minimum Gasteiger partial charge on any atom is -0.160 e. The Labute approximate surface area is 117 Å². The van der Waals surface area contributed by atoms with Gasteiger partial charge in [-0.1, -0.05) is 11.8 Å². The SMILES string of the molecule is C#CCSCCSCCSCCSCC#C. The first-order valence-electron chi connectivity index (χ1n) is 5.09. The van der Waals surface area contributed by atoms with Gasteiger partial charge >= 0.3 is 0 Å². The van der Waals surface area contributed by atoms with Crippen molar-refractivity contribution >= 4 is 47.0 Å². The van der Waals surface area contributed by atoms with Crippen molar-refractivity contribution in [3.05, 3.63) is 0 Å². The van der Waals surface area contributed by atoms with Crippen LogP contribution < -0.4 is 0 Å². The maximum atomic E-state index is 5.16. The van der Waals surface area contributed by atoms with Crippen LogP contribution >= 0.6 is 47.0 Å². The van der Waals surface area contributed by atoms with E-state index in [2.05, 4.69) is 11.8 Å². The molecule has 0 aliphatic carbocycles. The molecule has 0 aromatic heterocycles. The van der Waals surface area contributed by atoms with Gasteiger partial charge < -0.3 is 0 Å². The fraction of sp³-hybridized carbons (Fsp3) is 0.667. The molecule has 0 aliphatic rings. The van der Waals surface area contributed by atoms with Gasteiger partial charge in [-0.2, -0.15) is 23.5 Å². The fourth-order valence-electron chi connectivity index (χ4n) is 0.820. The van der Waals surface area contributed by atoms with Crippen LogP contribution in [0, 0.1) is 24.7 Å². The van der Waals surface area contributed by atoms with Crippen LogP contribution in [0.5, 0.6) is 0 Å². The molecule has 0 unspecified atom stereocenters. The van der Waals surface area contributed by atoms with Gasteiger partial charge in [0.05, 0.1) is 11.5 Å². The molecule has 0 radical (unpaired) electrons. The van der Waals surface area contributed by atoms with Crippen molar-refractivity contribution in [2.45, 2.75) is 0 Å². The molecule has 0 rings (SSSR count). The van der Waals surface area contributed by atoms with E-state index in [4.69, 9.17) is 12.8 Å². The zero-order chi connectivity index (χ0) is 11.9. The van der Waals surface area contributed by atoms with Gasteiger partial charge in [0.25, 0.3) is 0 Å². The Morgan fingerprint density at radius 2 is 0.875 bits per heavy atom. The zero-order valence-electron chi connectivity index (χ0n) is 9.44. The summed E-state index contributed by atoms with van der Waals surface area (Å²) in [6.07, 6.45) is 10.3. The molecule has 90 valence electrons. The van der Waals surface area contributed by atoms with Crippen LogP contribution in [0.4, 0.5) is 0 Å². The second kappa shape index (κ2) is 15.5. The summed E-state index contributed by atoms with van der Waals surface area (Å²) in [4.78, 5) is 0. The molecule has 0 spiro atoms. The van der Waals surface area contributed by atoms with E-state index in [-0.39, 0.29) is 0 Å². The van der Waals surface area contributed by atoms with Crippen molar-refractivity contribution in [1.29, 1.82) is 0 Å². The summed E-state index contributed by atoms with van der Waals surface area (Å²) in [7, 11) is 0. The summed E-state index contributed by atoms with van der Waals surface area (Å²) in [6.45, 7) is 0. The lowest BCUT2D eigenvalue weighted by atomic mass is 10.8.